The molecule has 1 atom stereocenters. The van der Waals surface area contributed by atoms with Crippen LogP contribution in [0, 0.1) is 11.8 Å². The van der Waals surface area contributed by atoms with Gasteiger partial charge in [-0.2, -0.15) is 0 Å². The molecule has 4 heteroatoms. The maximum Gasteiger partial charge on any atom is 0.326 e. The Bertz CT molecular complexity index is 307. The largest absolute Gasteiger partial charge is 0.480 e. The zero-order valence-corrected chi connectivity index (χ0v) is 12.9. The fourth-order valence-electron chi connectivity index (χ4n) is 3.08. The molecule has 0 aromatic heterocycles. The van der Waals surface area contributed by atoms with Crippen LogP contribution in [0.25, 0.3) is 0 Å². The van der Waals surface area contributed by atoms with E-state index in [1.807, 2.05) is 0 Å². The molecule has 1 fully saturated rings. The molecule has 20 heavy (non-hydrogen) atoms. The molecule has 1 rings (SSSR count). The normalized spacial score (nSPS) is 17.9. The second-order valence-electron chi connectivity index (χ2n) is 6.08. The van der Waals surface area contributed by atoms with E-state index in [1.54, 1.807) is 0 Å². The van der Waals surface area contributed by atoms with Gasteiger partial charge in [-0.05, 0) is 31.1 Å². The second-order valence-corrected chi connectivity index (χ2v) is 6.08. The van der Waals surface area contributed by atoms with Gasteiger partial charge >= 0.3 is 5.97 Å². The summed E-state index contributed by atoms with van der Waals surface area (Å²) in [4.78, 5) is 23.3. The lowest BCUT2D eigenvalue weighted by Gasteiger charge is -2.23. The maximum absolute atomic E-state index is 12.0. The number of carboxylic acid groups (broad SMARTS) is 1. The number of rotatable bonds is 8. The maximum atomic E-state index is 12.0. The van der Waals surface area contributed by atoms with Crippen molar-refractivity contribution >= 4 is 11.9 Å². The van der Waals surface area contributed by atoms with Gasteiger partial charge in [0.2, 0.25) is 5.91 Å². The van der Waals surface area contributed by atoms with E-state index >= 15 is 0 Å². The van der Waals surface area contributed by atoms with Crippen LogP contribution in [-0.2, 0) is 9.59 Å². The fourth-order valence-corrected chi connectivity index (χ4v) is 3.08. The molecule has 0 saturated heterocycles. The molecule has 0 heterocycles. The van der Waals surface area contributed by atoms with Crippen molar-refractivity contribution < 1.29 is 14.7 Å². The molecular formula is C16H29NO3. The van der Waals surface area contributed by atoms with Crippen LogP contribution in [0.2, 0.25) is 0 Å². The number of amides is 1. The highest BCUT2D eigenvalue weighted by Gasteiger charge is 2.24. The summed E-state index contributed by atoms with van der Waals surface area (Å²) in [7, 11) is 0. The number of nitrogens with one attached hydrogen (secondary N) is 1. The van der Waals surface area contributed by atoms with Crippen LogP contribution < -0.4 is 5.32 Å². The summed E-state index contributed by atoms with van der Waals surface area (Å²) in [6.07, 6.45) is 8.84. The molecule has 0 aromatic carbocycles. The van der Waals surface area contributed by atoms with Crippen LogP contribution in [0.1, 0.15) is 71.6 Å². The van der Waals surface area contributed by atoms with Crippen LogP contribution in [0.4, 0.5) is 0 Å². The van der Waals surface area contributed by atoms with Crippen molar-refractivity contribution in [2.75, 3.05) is 0 Å². The van der Waals surface area contributed by atoms with Crippen molar-refractivity contribution in [2.24, 2.45) is 11.8 Å². The van der Waals surface area contributed by atoms with Gasteiger partial charge in [-0.15, -0.1) is 0 Å². The number of hydrogen-bond donors (Lipinski definition) is 2. The molecule has 0 radical (unpaired) electrons. The molecule has 0 bridgehead atoms. The Hall–Kier alpha value is -1.06. The van der Waals surface area contributed by atoms with E-state index in [0.29, 0.717) is 24.7 Å². The van der Waals surface area contributed by atoms with E-state index in [1.165, 1.54) is 19.3 Å². The van der Waals surface area contributed by atoms with Crippen LogP contribution in [0.3, 0.4) is 0 Å². The smallest absolute Gasteiger partial charge is 0.326 e. The van der Waals surface area contributed by atoms with Crippen molar-refractivity contribution in [1.82, 2.24) is 5.32 Å². The van der Waals surface area contributed by atoms with E-state index in [0.717, 1.165) is 25.7 Å². The van der Waals surface area contributed by atoms with Crippen LogP contribution in [-0.4, -0.2) is 23.0 Å². The molecule has 1 amide bonds. The van der Waals surface area contributed by atoms with Gasteiger partial charge in [0.1, 0.15) is 6.04 Å². The zero-order chi connectivity index (χ0) is 15.0. The summed E-state index contributed by atoms with van der Waals surface area (Å²) >= 11 is 0. The van der Waals surface area contributed by atoms with Gasteiger partial charge in [0.05, 0.1) is 0 Å². The lowest BCUT2D eigenvalue weighted by molar-refractivity contribution is -0.142. The minimum absolute atomic E-state index is 0.0877. The Morgan fingerprint density at radius 3 is 2.25 bits per heavy atom. The number of carboxylic acids is 1. The average molecular weight is 283 g/mol. The molecular weight excluding hydrogens is 254 g/mol. The Kier molecular flexibility index (Phi) is 7.63. The Balaban J connectivity index is 2.43. The molecule has 1 aliphatic carbocycles. The lowest BCUT2D eigenvalue weighted by atomic mass is 9.86. The van der Waals surface area contributed by atoms with Gasteiger partial charge < -0.3 is 10.4 Å². The Labute approximate surface area is 122 Å². The predicted octanol–water partition coefficient (Wildman–Crippen LogP) is 3.35. The zero-order valence-electron chi connectivity index (χ0n) is 12.9. The Morgan fingerprint density at radius 1 is 1.15 bits per heavy atom. The standard InChI is InChI=1S/C16H29NO3/c1-3-12(4-2)10-14(16(19)20)17-15(18)11-13-8-6-5-7-9-13/h12-14H,3-11H2,1-2H3,(H,17,18)(H,19,20)/t14-/m0/s1. The van der Waals surface area contributed by atoms with Crippen molar-refractivity contribution in [3.63, 3.8) is 0 Å². The number of aliphatic carboxylic acids is 1. The molecule has 116 valence electrons. The van der Waals surface area contributed by atoms with Gasteiger partial charge in [-0.1, -0.05) is 46.0 Å². The van der Waals surface area contributed by atoms with Crippen LogP contribution in [0.5, 0.6) is 0 Å². The van der Waals surface area contributed by atoms with E-state index in [9.17, 15) is 14.7 Å². The van der Waals surface area contributed by atoms with Crippen molar-refractivity contribution in [3.05, 3.63) is 0 Å². The third-order valence-electron chi connectivity index (χ3n) is 4.56. The molecule has 0 aromatic rings. The third kappa shape index (κ3) is 5.93. The molecule has 0 spiro atoms. The molecule has 0 aliphatic heterocycles. The van der Waals surface area contributed by atoms with E-state index in [2.05, 4.69) is 19.2 Å². The fraction of sp³-hybridized carbons (Fsp3) is 0.875. The van der Waals surface area contributed by atoms with Gasteiger partial charge in [-0.3, -0.25) is 4.79 Å². The van der Waals surface area contributed by atoms with Gasteiger partial charge in [0.15, 0.2) is 0 Å². The van der Waals surface area contributed by atoms with E-state index in [4.69, 9.17) is 0 Å². The summed E-state index contributed by atoms with van der Waals surface area (Å²) < 4.78 is 0. The first-order valence-corrected chi connectivity index (χ1v) is 8.08. The SMILES string of the molecule is CCC(CC)C[C@H](NC(=O)CC1CCCCC1)C(=O)O. The summed E-state index contributed by atoms with van der Waals surface area (Å²) in [5, 5.41) is 12.0. The highest BCUT2D eigenvalue weighted by atomic mass is 16.4. The minimum atomic E-state index is -0.908. The molecule has 1 aliphatic rings. The summed E-state index contributed by atoms with van der Waals surface area (Å²) in [6.45, 7) is 4.13. The highest BCUT2D eigenvalue weighted by Crippen LogP contribution is 2.26. The first-order valence-electron chi connectivity index (χ1n) is 8.08. The quantitative estimate of drug-likeness (QED) is 0.718. The van der Waals surface area contributed by atoms with Gasteiger partial charge in [-0.25, -0.2) is 4.79 Å². The molecule has 0 unspecified atom stereocenters. The predicted molar refractivity (Wildman–Crippen MR) is 79.4 cm³/mol. The van der Waals surface area contributed by atoms with Crippen LogP contribution in [0.15, 0.2) is 0 Å². The number of hydrogen-bond acceptors (Lipinski definition) is 2. The minimum Gasteiger partial charge on any atom is -0.480 e. The van der Waals surface area contributed by atoms with Gasteiger partial charge in [0.25, 0.3) is 0 Å². The van der Waals surface area contributed by atoms with E-state index in [-0.39, 0.29) is 5.91 Å². The topological polar surface area (TPSA) is 66.4 Å². The van der Waals surface area contributed by atoms with Crippen LogP contribution >= 0.6 is 0 Å². The van der Waals surface area contributed by atoms with Gasteiger partial charge in [0, 0.05) is 6.42 Å². The summed E-state index contributed by atoms with van der Waals surface area (Å²) in [5.74, 6) is -0.179. The average Bonchev–Trinajstić information content (AvgIpc) is 2.44. The summed E-state index contributed by atoms with van der Waals surface area (Å²) in [6, 6.07) is -0.726. The Morgan fingerprint density at radius 2 is 1.75 bits per heavy atom. The van der Waals surface area contributed by atoms with Crippen molar-refractivity contribution in [2.45, 2.75) is 77.7 Å². The lowest BCUT2D eigenvalue weighted by Crippen LogP contribution is -2.42. The number of carbonyl (C=O) groups is 2. The summed E-state index contributed by atoms with van der Waals surface area (Å²) in [5.41, 5.74) is 0. The molecule has 2 N–H and O–H groups in total. The molecule has 1 saturated carbocycles. The third-order valence-corrected chi connectivity index (χ3v) is 4.56. The van der Waals surface area contributed by atoms with E-state index < -0.39 is 12.0 Å². The second kappa shape index (κ2) is 8.98. The van der Waals surface area contributed by atoms with Crippen molar-refractivity contribution in [3.8, 4) is 0 Å². The monoisotopic (exact) mass is 283 g/mol. The molecule has 4 nitrogen and oxygen atoms in total. The van der Waals surface area contributed by atoms with Crippen molar-refractivity contribution in [1.29, 1.82) is 0 Å². The number of carbonyl (C=O) groups excluding carboxylic acids is 1. The first kappa shape index (κ1) is 17.0. The highest BCUT2D eigenvalue weighted by molar-refractivity contribution is 5.83. The first-order chi connectivity index (χ1) is 9.56.